The number of hydrogen-bond donors (Lipinski definition) is 1. The Bertz CT molecular complexity index is 698. The fourth-order valence-electron chi connectivity index (χ4n) is 2.33. The maximum absolute atomic E-state index is 11.3. The first-order chi connectivity index (χ1) is 10.9. The lowest BCUT2D eigenvalue weighted by atomic mass is 10.00. The van der Waals surface area contributed by atoms with Crippen molar-refractivity contribution < 1.29 is 14.6 Å². The van der Waals surface area contributed by atoms with Gasteiger partial charge in [-0.05, 0) is 37.1 Å². The van der Waals surface area contributed by atoms with Gasteiger partial charge in [-0.3, -0.25) is 0 Å². The van der Waals surface area contributed by atoms with Crippen LogP contribution >= 0.6 is 23.2 Å². The molecule has 0 spiro atoms. The van der Waals surface area contributed by atoms with E-state index in [0.717, 1.165) is 16.7 Å². The first-order valence-corrected chi connectivity index (χ1v) is 8.05. The smallest absolute Gasteiger partial charge is 0.333 e. The van der Waals surface area contributed by atoms with Crippen molar-refractivity contribution in [3.63, 3.8) is 0 Å². The molecule has 2 aromatic carbocycles. The van der Waals surface area contributed by atoms with Crippen LogP contribution in [0.4, 0.5) is 0 Å². The van der Waals surface area contributed by atoms with Crippen molar-refractivity contribution in [1.29, 1.82) is 0 Å². The van der Waals surface area contributed by atoms with E-state index in [9.17, 15) is 9.90 Å². The van der Waals surface area contributed by atoms with Crippen LogP contribution in [0.3, 0.4) is 0 Å². The van der Waals surface area contributed by atoms with Crippen LogP contribution in [-0.2, 0) is 16.0 Å². The molecule has 0 saturated heterocycles. The molecule has 1 unspecified atom stereocenters. The number of halogens is 2. The number of rotatable bonds is 6. The zero-order valence-electron chi connectivity index (χ0n) is 12.9. The molecular formula is C18H18Cl2O3. The van der Waals surface area contributed by atoms with E-state index in [1.807, 2.05) is 44.2 Å². The van der Waals surface area contributed by atoms with Crippen molar-refractivity contribution in [3.8, 4) is 11.1 Å². The van der Waals surface area contributed by atoms with Gasteiger partial charge in [0.2, 0.25) is 0 Å². The molecule has 1 atom stereocenters. The lowest BCUT2D eigenvalue weighted by Crippen LogP contribution is -2.29. The molecule has 3 nitrogen and oxygen atoms in total. The Morgan fingerprint density at radius 1 is 1.17 bits per heavy atom. The van der Waals surface area contributed by atoms with Gasteiger partial charge in [0, 0.05) is 22.0 Å². The van der Waals surface area contributed by atoms with E-state index in [0.29, 0.717) is 16.5 Å². The Morgan fingerprint density at radius 2 is 1.91 bits per heavy atom. The van der Waals surface area contributed by atoms with Crippen LogP contribution in [0.1, 0.15) is 19.4 Å². The van der Waals surface area contributed by atoms with Gasteiger partial charge >= 0.3 is 5.97 Å². The lowest BCUT2D eigenvalue weighted by Gasteiger charge is -2.17. The second-order valence-corrected chi connectivity index (χ2v) is 6.38. The summed E-state index contributed by atoms with van der Waals surface area (Å²) >= 11 is 12.2. The van der Waals surface area contributed by atoms with Gasteiger partial charge in [-0.2, -0.15) is 0 Å². The quantitative estimate of drug-likeness (QED) is 0.788. The second-order valence-electron chi connectivity index (χ2n) is 5.54. The SMILES string of the molecule is CC(C)OC(Cc1cccc(-c2ccc(Cl)cc2Cl)c1)C(=O)O. The number of hydrogen-bond acceptors (Lipinski definition) is 2. The molecule has 0 aliphatic heterocycles. The predicted molar refractivity (Wildman–Crippen MR) is 93.2 cm³/mol. The number of carboxylic acid groups (broad SMARTS) is 1. The van der Waals surface area contributed by atoms with Crippen LogP contribution in [0.25, 0.3) is 11.1 Å². The minimum absolute atomic E-state index is 0.148. The average molecular weight is 353 g/mol. The summed E-state index contributed by atoms with van der Waals surface area (Å²) in [7, 11) is 0. The molecule has 0 radical (unpaired) electrons. The van der Waals surface area contributed by atoms with E-state index >= 15 is 0 Å². The Balaban J connectivity index is 2.27. The normalized spacial score (nSPS) is 12.4. The third-order valence-electron chi connectivity index (χ3n) is 3.30. The highest BCUT2D eigenvalue weighted by atomic mass is 35.5. The summed E-state index contributed by atoms with van der Waals surface area (Å²) in [5.74, 6) is -0.964. The molecule has 0 heterocycles. The Hall–Kier alpha value is -1.55. The van der Waals surface area contributed by atoms with Crippen LogP contribution in [0.15, 0.2) is 42.5 Å². The highest BCUT2D eigenvalue weighted by Crippen LogP contribution is 2.31. The van der Waals surface area contributed by atoms with Crippen LogP contribution in [0.2, 0.25) is 10.0 Å². The summed E-state index contributed by atoms with van der Waals surface area (Å²) in [6, 6.07) is 12.9. The Morgan fingerprint density at radius 3 is 2.52 bits per heavy atom. The number of ether oxygens (including phenoxy) is 1. The molecule has 1 N–H and O–H groups in total. The van der Waals surface area contributed by atoms with E-state index < -0.39 is 12.1 Å². The molecule has 0 bridgehead atoms. The zero-order chi connectivity index (χ0) is 17.0. The van der Waals surface area contributed by atoms with Gasteiger partial charge in [0.05, 0.1) is 6.10 Å². The second kappa shape index (κ2) is 7.82. The fraction of sp³-hybridized carbons (Fsp3) is 0.278. The summed E-state index contributed by atoms with van der Waals surface area (Å²) in [4.78, 5) is 11.3. The lowest BCUT2D eigenvalue weighted by molar-refractivity contribution is -0.153. The molecule has 2 rings (SSSR count). The number of carboxylic acids is 1. The standard InChI is InChI=1S/C18H18Cl2O3/c1-11(2)23-17(18(21)22)9-12-4-3-5-13(8-12)15-7-6-14(19)10-16(15)20/h3-8,10-11,17H,9H2,1-2H3,(H,21,22). The third-order valence-corrected chi connectivity index (χ3v) is 3.85. The third kappa shape index (κ3) is 4.96. The van der Waals surface area contributed by atoms with Gasteiger partial charge in [-0.1, -0.05) is 53.5 Å². The highest BCUT2D eigenvalue weighted by Gasteiger charge is 2.20. The number of benzene rings is 2. The van der Waals surface area contributed by atoms with E-state index in [1.165, 1.54) is 0 Å². The van der Waals surface area contributed by atoms with Crippen molar-refractivity contribution in [2.75, 3.05) is 0 Å². The number of carbonyl (C=O) groups is 1. The van der Waals surface area contributed by atoms with Gasteiger partial charge in [-0.15, -0.1) is 0 Å². The van der Waals surface area contributed by atoms with Gasteiger partial charge in [0.15, 0.2) is 6.10 Å². The summed E-state index contributed by atoms with van der Waals surface area (Å²) in [6.45, 7) is 3.64. The van der Waals surface area contributed by atoms with Crippen molar-refractivity contribution in [3.05, 3.63) is 58.1 Å². The van der Waals surface area contributed by atoms with Gasteiger partial charge in [0.1, 0.15) is 0 Å². The Labute approximate surface area is 145 Å². The van der Waals surface area contributed by atoms with Crippen molar-refractivity contribution in [2.45, 2.75) is 32.5 Å². The molecule has 0 saturated carbocycles. The minimum Gasteiger partial charge on any atom is -0.479 e. The van der Waals surface area contributed by atoms with Crippen LogP contribution < -0.4 is 0 Å². The first kappa shape index (κ1) is 17.8. The molecule has 0 aromatic heterocycles. The molecule has 5 heteroatoms. The van der Waals surface area contributed by atoms with Gasteiger partial charge in [-0.25, -0.2) is 4.79 Å². The molecule has 0 fully saturated rings. The highest BCUT2D eigenvalue weighted by molar-refractivity contribution is 6.36. The molecule has 23 heavy (non-hydrogen) atoms. The van der Waals surface area contributed by atoms with Gasteiger partial charge < -0.3 is 9.84 Å². The van der Waals surface area contributed by atoms with Crippen molar-refractivity contribution >= 4 is 29.2 Å². The van der Waals surface area contributed by atoms with E-state index in [1.54, 1.807) is 12.1 Å². The van der Waals surface area contributed by atoms with Crippen LogP contribution in [0, 0.1) is 0 Å². The van der Waals surface area contributed by atoms with Gasteiger partial charge in [0.25, 0.3) is 0 Å². The topological polar surface area (TPSA) is 46.5 Å². The van der Waals surface area contributed by atoms with E-state index in [4.69, 9.17) is 27.9 Å². The maximum Gasteiger partial charge on any atom is 0.333 e. The summed E-state index contributed by atoms with van der Waals surface area (Å²) < 4.78 is 5.46. The van der Waals surface area contributed by atoms with Crippen molar-refractivity contribution in [1.82, 2.24) is 0 Å². The van der Waals surface area contributed by atoms with E-state index in [2.05, 4.69) is 0 Å². The molecule has 0 aliphatic rings. The summed E-state index contributed by atoms with van der Waals surface area (Å²) in [5, 5.41) is 10.4. The maximum atomic E-state index is 11.3. The monoisotopic (exact) mass is 352 g/mol. The molecular weight excluding hydrogens is 335 g/mol. The van der Waals surface area contributed by atoms with Crippen LogP contribution in [0.5, 0.6) is 0 Å². The fourth-order valence-corrected chi connectivity index (χ4v) is 2.84. The van der Waals surface area contributed by atoms with E-state index in [-0.39, 0.29) is 6.10 Å². The first-order valence-electron chi connectivity index (χ1n) is 7.29. The molecule has 122 valence electrons. The minimum atomic E-state index is -0.964. The largest absolute Gasteiger partial charge is 0.479 e. The number of aliphatic carboxylic acids is 1. The van der Waals surface area contributed by atoms with Crippen LogP contribution in [-0.4, -0.2) is 23.3 Å². The predicted octanol–water partition coefficient (Wildman–Crippen LogP) is 5.08. The Kier molecular flexibility index (Phi) is 6.05. The molecule has 2 aromatic rings. The average Bonchev–Trinajstić information content (AvgIpc) is 2.46. The summed E-state index contributed by atoms with van der Waals surface area (Å²) in [5.41, 5.74) is 2.65. The van der Waals surface area contributed by atoms with Crippen molar-refractivity contribution in [2.24, 2.45) is 0 Å². The molecule has 0 amide bonds. The summed E-state index contributed by atoms with van der Waals surface area (Å²) in [6.07, 6.45) is -0.719. The zero-order valence-corrected chi connectivity index (χ0v) is 14.4. The molecule has 0 aliphatic carbocycles.